The number of pyridine rings is 1. The van der Waals surface area contributed by atoms with Crippen molar-refractivity contribution < 1.29 is 9.53 Å². The predicted octanol–water partition coefficient (Wildman–Crippen LogP) is 3.39. The van der Waals surface area contributed by atoms with Gasteiger partial charge in [0.05, 0.1) is 6.61 Å². The Hall–Kier alpha value is -2.44. The predicted molar refractivity (Wildman–Crippen MR) is 107 cm³/mol. The van der Waals surface area contributed by atoms with E-state index in [1.165, 1.54) is 6.21 Å². The first kappa shape index (κ1) is 19.9. The number of ketones is 1. The van der Waals surface area contributed by atoms with E-state index in [9.17, 15) is 4.79 Å². The highest BCUT2D eigenvalue weighted by atomic mass is 32.1. The summed E-state index contributed by atoms with van der Waals surface area (Å²) in [5, 5.41) is 10.6. The lowest BCUT2D eigenvalue weighted by atomic mass is 9.94. The lowest BCUT2D eigenvalue weighted by Crippen LogP contribution is -2.15. The molecule has 2 aromatic rings. The van der Waals surface area contributed by atoms with Crippen molar-refractivity contribution in [2.45, 2.75) is 18.2 Å². The first-order chi connectivity index (χ1) is 12.6. The van der Waals surface area contributed by atoms with E-state index in [0.29, 0.717) is 34.7 Å². The molecule has 1 heterocycles. The molecule has 0 saturated carbocycles. The monoisotopic (exact) mass is 369 g/mol. The molecule has 1 aromatic carbocycles. The lowest BCUT2D eigenvalue weighted by Gasteiger charge is -2.12. The Labute approximate surface area is 159 Å². The van der Waals surface area contributed by atoms with E-state index < -0.39 is 0 Å². The zero-order valence-corrected chi connectivity index (χ0v) is 15.8. The summed E-state index contributed by atoms with van der Waals surface area (Å²) >= 11 is 4.44. The van der Waals surface area contributed by atoms with Crippen molar-refractivity contribution in [3.05, 3.63) is 65.1 Å². The van der Waals surface area contributed by atoms with Gasteiger partial charge in [-0.3, -0.25) is 9.78 Å². The number of rotatable bonds is 9. The minimum absolute atomic E-state index is 0.109. The van der Waals surface area contributed by atoms with E-state index in [1.54, 1.807) is 37.8 Å². The van der Waals surface area contributed by atoms with Gasteiger partial charge in [-0.05, 0) is 29.7 Å². The van der Waals surface area contributed by atoms with Gasteiger partial charge in [-0.1, -0.05) is 19.1 Å². The maximum absolute atomic E-state index is 13.2. The Morgan fingerprint density at radius 2 is 2.19 bits per heavy atom. The van der Waals surface area contributed by atoms with Crippen LogP contribution in [0.2, 0.25) is 0 Å². The van der Waals surface area contributed by atoms with Gasteiger partial charge in [0, 0.05) is 60.1 Å². The van der Waals surface area contributed by atoms with Gasteiger partial charge in [-0.15, -0.1) is 12.6 Å². The number of ether oxygens (including phenoxy) is 1. The molecule has 0 aliphatic heterocycles. The minimum atomic E-state index is -0.109. The highest BCUT2D eigenvalue weighted by molar-refractivity contribution is 7.80. The van der Waals surface area contributed by atoms with Gasteiger partial charge in [-0.2, -0.15) is 0 Å². The Bertz CT molecular complexity index is 818. The number of hydrogen-bond donors (Lipinski definition) is 3. The molecular formula is C20H23N3O2S. The van der Waals surface area contributed by atoms with Crippen LogP contribution in [0.4, 0.5) is 0 Å². The number of Topliss-reactive ketones (excluding diaryl/α,β-unsaturated/α-hetero) is 1. The number of carbonyl (C=O) groups excluding carboxylic acids is 1. The summed E-state index contributed by atoms with van der Waals surface area (Å²) < 4.78 is 5.03. The van der Waals surface area contributed by atoms with Crippen molar-refractivity contribution in [3.63, 3.8) is 0 Å². The molecule has 0 radical (unpaired) electrons. The third kappa shape index (κ3) is 4.80. The summed E-state index contributed by atoms with van der Waals surface area (Å²) in [6.45, 7) is 3.14. The van der Waals surface area contributed by atoms with Crippen LogP contribution in [-0.4, -0.2) is 37.2 Å². The molecule has 0 bridgehead atoms. The van der Waals surface area contributed by atoms with Gasteiger partial charge >= 0.3 is 0 Å². The molecule has 26 heavy (non-hydrogen) atoms. The number of thiol groups is 1. The van der Waals surface area contributed by atoms with Crippen molar-refractivity contribution in [3.8, 4) is 0 Å². The van der Waals surface area contributed by atoms with Gasteiger partial charge in [0.2, 0.25) is 0 Å². The average molecular weight is 369 g/mol. The maximum atomic E-state index is 13.2. The summed E-state index contributed by atoms with van der Waals surface area (Å²) in [5.41, 5.74) is 3.60. The van der Waals surface area contributed by atoms with E-state index in [2.05, 4.69) is 22.9 Å². The van der Waals surface area contributed by atoms with E-state index in [4.69, 9.17) is 10.1 Å². The maximum Gasteiger partial charge on any atom is 0.195 e. The van der Waals surface area contributed by atoms with Crippen LogP contribution in [-0.2, 0) is 11.2 Å². The van der Waals surface area contributed by atoms with E-state index in [-0.39, 0.29) is 5.78 Å². The van der Waals surface area contributed by atoms with Crippen molar-refractivity contribution in [1.82, 2.24) is 10.3 Å². The number of aryl methyl sites for hydroxylation is 1. The van der Waals surface area contributed by atoms with Gasteiger partial charge in [-0.25, -0.2) is 0 Å². The van der Waals surface area contributed by atoms with Crippen molar-refractivity contribution >= 4 is 30.2 Å². The fourth-order valence-corrected chi connectivity index (χ4v) is 2.83. The van der Waals surface area contributed by atoms with Crippen LogP contribution in [0.1, 0.15) is 34.0 Å². The standard InChI is InChI=1S/C20H23N3O2S/c1-3-14-10-15(4-5-16(14)11-21)20(24)18(12-23-8-9-25-2)17-6-7-22-13-19(17)26/h4-7,10-13,21,23,26H,3,8-9H2,1-2H3/b18-12-,21-11?. The topological polar surface area (TPSA) is 75.1 Å². The second kappa shape index (κ2) is 9.89. The summed E-state index contributed by atoms with van der Waals surface area (Å²) in [6.07, 6.45) is 7.02. The van der Waals surface area contributed by atoms with Crippen LogP contribution in [0, 0.1) is 5.41 Å². The highest BCUT2D eigenvalue weighted by Crippen LogP contribution is 2.25. The van der Waals surface area contributed by atoms with Gasteiger partial charge in [0.1, 0.15) is 0 Å². The molecule has 0 aliphatic carbocycles. The number of nitrogens with one attached hydrogen (secondary N) is 2. The molecule has 0 spiro atoms. The van der Waals surface area contributed by atoms with Gasteiger partial charge < -0.3 is 15.5 Å². The fourth-order valence-electron chi connectivity index (χ4n) is 2.56. The number of methoxy groups -OCH3 is 1. The molecular weight excluding hydrogens is 346 g/mol. The summed E-state index contributed by atoms with van der Waals surface area (Å²) in [7, 11) is 1.63. The third-order valence-electron chi connectivity index (χ3n) is 3.97. The molecule has 2 N–H and O–H groups in total. The molecule has 136 valence electrons. The van der Waals surface area contributed by atoms with Crippen LogP contribution in [0.15, 0.2) is 47.8 Å². The molecule has 0 aliphatic rings. The average Bonchev–Trinajstić information content (AvgIpc) is 2.68. The summed E-state index contributed by atoms with van der Waals surface area (Å²) in [6, 6.07) is 7.19. The molecule has 0 unspecified atom stereocenters. The normalized spacial score (nSPS) is 11.3. The number of carbonyl (C=O) groups is 1. The molecule has 0 amide bonds. The molecule has 0 saturated heterocycles. The van der Waals surface area contributed by atoms with Crippen molar-refractivity contribution in [2.75, 3.05) is 20.3 Å². The summed E-state index contributed by atoms with van der Waals surface area (Å²) in [5.74, 6) is -0.109. The number of aromatic nitrogens is 1. The second-order valence-corrected chi connectivity index (χ2v) is 6.12. The van der Waals surface area contributed by atoms with Crippen molar-refractivity contribution in [1.29, 1.82) is 5.41 Å². The summed E-state index contributed by atoms with van der Waals surface area (Å²) in [4.78, 5) is 17.8. The van der Waals surface area contributed by atoms with Crippen LogP contribution in [0.5, 0.6) is 0 Å². The van der Waals surface area contributed by atoms with Crippen LogP contribution in [0.25, 0.3) is 5.57 Å². The number of nitrogens with zero attached hydrogens (tertiary/aromatic N) is 1. The zero-order chi connectivity index (χ0) is 18.9. The fraction of sp³-hybridized carbons (Fsp3) is 0.250. The highest BCUT2D eigenvalue weighted by Gasteiger charge is 2.17. The van der Waals surface area contributed by atoms with E-state index >= 15 is 0 Å². The van der Waals surface area contributed by atoms with Crippen LogP contribution < -0.4 is 5.32 Å². The van der Waals surface area contributed by atoms with E-state index in [1.807, 2.05) is 19.1 Å². The molecule has 1 aromatic heterocycles. The number of allylic oxidation sites excluding steroid dienone is 1. The Morgan fingerprint density at radius 3 is 2.85 bits per heavy atom. The quantitative estimate of drug-likeness (QED) is 0.208. The first-order valence-electron chi connectivity index (χ1n) is 8.36. The first-order valence-corrected chi connectivity index (χ1v) is 8.81. The van der Waals surface area contributed by atoms with Gasteiger partial charge in [0.15, 0.2) is 5.78 Å². The zero-order valence-electron chi connectivity index (χ0n) is 15.0. The minimum Gasteiger partial charge on any atom is -0.388 e. The Kier molecular flexibility index (Phi) is 7.56. The van der Waals surface area contributed by atoms with E-state index in [0.717, 1.165) is 17.5 Å². The smallest absolute Gasteiger partial charge is 0.195 e. The second-order valence-electron chi connectivity index (χ2n) is 5.64. The van der Waals surface area contributed by atoms with Gasteiger partial charge in [0.25, 0.3) is 0 Å². The molecule has 5 nitrogen and oxygen atoms in total. The third-order valence-corrected chi connectivity index (χ3v) is 4.33. The lowest BCUT2D eigenvalue weighted by molar-refractivity contribution is 0.105. The number of hydrogen-bond acceptors (Lipinski definition) is 6. The Balaban J connectivity index is 2.43. The van der Waals surface area contributed by atoms with Crippen LogP contribution in [0.3, 0.4) is 0 Å². The largest absolute Gasteiger partial charge is 0.388 e. The molecule has 2 rings (SSSR count). The molecule has 0 fully saturated rings. The van der Waals surface area contributed by atoms with Crippen LogP contribution >= 0.6 is 12.6 Å². The SMILES string of the molecule is CCc1cc(C(=O)/C(=C\NCCOC)c2ccncc2S)ccc1C=N. The molecule has 0 atom stereocenters. The van der Waals surface area contributed by atoms with Crippen molar-refractivity contribution in [2.24, 2.45) is 0 Å². The Morgan fingerprint density at radius 1 is 1.38 bits per heavy atom. The molecule has 6 heteroatoms. The number of benzene rings is 1.